The minimum absolute atomic E-state index is 0.494. The Kier molecular flexibility index (Phi) is 8.16. The number of hydrogen-bond acceptors (Lipinski definition) is 0. The molecule has 0 aliphatic rings. The van der Waals surface area contributed by atoms with Gasteiger partial charge in [-0.25, -0.2) is 0 Å². The van der Waals surface area contributed by atoms with Gasteiger partial charge in [0, 0.05) is 0 Å². The van der Waals surface area contributed by atoms with E-state index in [0.717, 1.165) is 0 Å². The minimum Gasteiger partial charge on any atom is -0.0654 e. The van der Waals surface area contributed by atoms with Crippen LogP contribution in [-0.2, 0) is 0 Å². The van der Waals surface area contributed by atoms with Gasteiger partial charge in [-0.3, -0.25) is 0 Å². The standard InChI is InChI=1S/C17H36/c1-7-9-11-12-13-15-17(5,6)16(3,4)14-10-8-2/h7-15H2,1-6H3. The maximum atomic E-state index is 2.47. The Morgan fingerprint density at radius 3 is 1.41 bits per heavy atom. The first-order valence-corrected chi connectivity index (χ1v) is 7.87. The molecule has 0 saturated heterocycles. The molecule has 0 aromatic carbocycles. The zero-order valence-electron chi connectivity index (χ0n) is 13.4. The number of hydrogen-bond donors (Lipinski definition) is 0. The summed E-state index contributed by atoms with van der Waals surface area (Å²) < 4.78 is 0. The minimum atomic E-state index is 0.494. The predicted octanol–water partition coefficient (Wildman–Crippen LogP) is 6.59. The van der Waals surface area contributed by atoms with E-state index in [9.17, 15) is 0 Å². The molecule has 0 aliphatic heterocycles. The number of unbranched alkanes of at least 4 members (excludes halogenated alkanes) is 5. The van der Waals surface area contributed by atoms with Crippen LogP contribution in [0.5, 0.6) is 0 Å². The van der Waals surface area contributed by atoms with Gasteiger partial charge in [-0.05, 0) is 23.7 Å². The number of rotatable bonds is 10. The molecule has 17 heavy (non-hydrogen) atoms. The third-order valence-corrected chi connectivity index (χ3v) is 4.89. The van der Waals surface area contributed by atoms with Crippen LogP contribution >= 0.6 is 0 Å². The van der Waals surface area contributed by atoms with Crippen molar-refractivity contribution >= 4 is 0 Å². The van der Waals surface area contributed by atoms with Gasteiger partial charge in [0.15, 0.2) is 0 Å². The fourth-order valence-corrected chi connectivity index (χ4v) is 2.47. The summed E-state index contributed by atoms with van der Waals surface area (Å²) in [5, 5.41) is 0. The van der Waals surface area contributed by atoms with E-state index in [2.05, 4.69) is 41.5 Å². The lowest BCUT2D eigenvalue weighted by Gasteiger charge is -2.42. The third-order valence-electron chi connectivity index (χ3n) is 4.89. The van der Waals surface area contributed by atoms with Crippen LogP contribution in [0, 0.1) is 10.8 Å². The van der Waals surface area contributed by atoms with Crippen molar-refractivity contribution in [2.75, 3.05) is 0 Å². The largest absolute Gasteiger partial charge is 0.0654 e. The lowest BCUT2D eigenvalue weighted by molar-refractivity contribution is 0.0821. The first-order chi connectivity index (χ1) is 7.87. The molecule has 0 aromatic heterocycles. The molecule has 0 nitrogen and oxygen atoms in total. The Morgan fingerprint density at radius 2 is 0.941 bits per heavy atom. The van der Waals surface area contributed by atoms with Crippen molar-refractivity contribution in [3.63, 3.8) is 0 Å². The van der Waals surface area contributed by atoms with Crippen LogP contribution in [0.2, 0.25) is 0 Å². The van der Waals surface area contributed by atoms with Gasteiger partial charge < -0.3 is 0 Å². The van der Waals surface area contributed by atoms with Crippen molar-refractivity contribution in [1.29, 1.82) is 0 Å². The highest BCUT2D eigenvalue weighted by Crippen LogP contribution is 2.45. The molecule has 0 unspecified atom stereocenters. The Labute approximate surface area is 111 Å². The van der Waals surface area contributed by atoms with E-state index < -0.39 is 0 Å². The summed E-state index contributed by atoms with van der Waals surface area (Å²) in [6.07, 6.45) is 12.5. The summed E-state index contributed by atoms with van der Waals surface area (Å²) in [6, 6.07) is 0. The first-order valence-electron chi connectivity index (χ1n) is 7.87. The van der Waals surface area contributed by atoms with Crippen LogP contribution in [0.3, 0.4) is 0 Å². The molecule has 0 bridgehead atoms. The second kappa shape index (κ2) is 8.16. The molecule has 0 fully saturated rings. The molecule has 0 heteroatoms. The highest BCUT2D eigenvalue weighted by atomic mass is 14.4. The highest BCUT2D eigenvalue weighted by Gasteiger charge is 2.35. The van der Waals surface area contributed by atoms with Gasteiger partial charge in [0.2, 0.25) is 0 Å². The normalized spacial score (nSPS) is 13.1. The van der Waals surface area contributed by atoms with E-state index >= 15 is 0 Å². The highest BCUT2D eigenvalue weighted by molar-refractivity contribution is 4.85. The second-order valence-electron chi connectivity index (χ2n) is 7.04. The molecule has 0 aromatic rings. The lowest BCUT2D eigenvalue weighted by Crippen LogP contribution is -2.32. The summed E-state index contributed by atoms with van der Waals surface area (Å²) in [7, 11) is 0. The zero-order valence-corrected chi connectivity index (χ0v) is 13.4. The summed E-state index contributed by atoms with van der Waals surface area (Å²) in [5.74, 6) is 0. The van der Waals surface area contributed by atoms with Crippen molar-refractivity contribution in [3.05, 3.63) is 0 Å². The molecular weight excluding hydrogens is 204 g/mol. The molecule has 0 saturated carbocycles. The van der Waals surface area contributed by atoms with Gasteiger partial charge in [0.05, 0.1) is 0 Å². The van der Waals surface area contributed by atoms with Crippen molar-refractivity contribution < 1.29 is 0 Å². The second-order valence-corrected chi connectivity index (χ2v) is 7.04. The summed E-state index contributed by atoms with van der Waals surface area (Å²) in [5.41, 5.74) is 0.988. The van der Waals surface area contributed by atoms with Gasteiger partial charge in [-0.15, -0.1) is 0 Å². The molecule has 0 spiro atoms. The average Bonchev–Trinajstić information content (AvgIpc) is 2.26. The molecule has 0 radical (unpaired) electrons. The van der Waals surface area contributed by atoms with E-state index in [1.807, 2.05) is 0 Å². The van der Waals surface area contributed by atoms with E-state index in [4.69, 9.17) is 0 Å². The van der Waals surface area contributed by atoms with Crippen LogP contribution in [0.1, 0.15) is 99.3 Å². The fraction of sp³-hybridized carbons (Fsp3) is 1.00. The smallest absolute Gasteiger partial charge is 0.0303 e. The molecular formula is C17H36. The van der Waals surface area contributed by atoms with E-state index in [0.29, 0.717) is 10.8 Å². The van der Waals surface area contributed by atoms with Crippen LogP contribution < -0.4 is 0 Å². The summed E-state index contributed by atoms with van der Waals surface area (Å²) >= 11 is 0. The van der Waals surface area contributed by atoms with Crippen LogP contribution in [-0.4, -0.2) is 0 Å². The van der Waals surface area contributed by atoms with Crippen molar-refractivity contribution in [1.82, 2.24) is 0 Å². The fourth-order valence-electron chi connectivity index (χ4n) is 2.47. The van der Waals surface area contributed by atoms with Crippen molar-refractivity contribution in [2.45, 2.75) is 99.3 Å². The Bertz CT molecular complexity index is 176. The monoisotopic (exact) mass is 240 g/mol. The topological polar surface area (TPSA) is 0 Å². The van der Waals surface area contributed by atoms with Gasteiger partial charge in [-0.2, -0.15) is 0 Å². The van der Waals surface area contributed by atoms with Crippen LogP contribution in [0.4, 0.5) is 0 Å². The SMILES string of the molecule is CCCCCCCC(C)(C)C(C)(C)CCCC. The molecule has 0 aliphatic carbocycles. The summed E-state index contributed by atoms with van der Waals surface area (Å²) in [6.45, 7) is 14.5. The van der Waals surface area contributed by atoms with Crippen LogP contribution in [0.25, 0.3) is 0 Å². The van der Waals surface area contributed by atoms with Gasteiger partial charge in [0.25, 0.3) is 0 Å². The Balaban J connectivity index is 3.98. The van der Waals surface area contributed by atoms with Gasteiger partial charge >= 0.3 is 0 Å². The molecule has 0 atom stereocenters. The van der Waals surface area contributed by atoms with Crippen LogP contribution in [0.15, 0.2) is 0 Å². The maximum Gasteiger partial charge on any atom is -0.0303 e. The Hall–Kier alpha value is 0. The van der Waals surface area contributed by atoms with Crippen molar-refractivity contribution in [2.24, 2.45) is 10.8 Å². The zero-order chi connectivity index (χ0) is 13.4. The maximum absolute atomic E-state index is 2.47. The van der Waals surface area contributed by atoms with Crippen molar-refractivity contribution in [3.8, 4) is 0 Å². The van der Waals surface area contributed by atoms with E-state index in [1.165, 1.54) is 57.8 Å². The van der Waals surface area contributed by atoms with Gasteiger partial charge in [-0.1, -0.05) is 86.5 Å². The molecule has 0 heterocycles. The molecule has 0 amide bonds. The molecule has 104 valence electrons. The molecule has 0 N–H and O–H groups in total. The first kappa shape index (κ1) is 17.0. The van der Waals surface area contributed by atoms with Gasteiger partial charge in [0.1, 0.15) is 0 Å². The predicted molar refractivity (Wildman–Crippen MR) is 80.5 cm³/mol. The quantitative estimate of drug-likeness (QED) is 0.378. The van der Waals surface area contributed by atoms with E-state index in [-0.39, 0.29) is 0 Å². The molecule has 0 rings (SSSR count). The Morgan fingerprint density at radius 1 is 0.529 bits per heavy atom. The van der Waals surface area contributed by atoms with E-state index in [1.54, 1.807) is 0 Å². The lowest BCUT2D eigenvalue weighted by atomic mass is 9.63. The average molecular weight is 240 g/mol. The third kappa shape index (κ3) is 6.48. The summed E-state index contributed by atoms with van der Waals surface area (Å²) in [4.78, 5) is 0.